The molecule has 24 heavy (non-hydrogen) atoms. The Hall–Kier alpha value is -1.85. The number of hydrogen-bond donors (Lipinski definition) is 1. The number of rotatable bonds is 5. The molecule has 2 rings (SSSR count). The van der Waals surface area contributed by atoms with E-state index in [1.54, 1.807) is 12.1 Å². The van der Waals surface area contributed by atoms with Crippen molar-refractivity contribution in [3.05, 3.63) is 59.7 Å². The minimum Gasteiger partial charge on any atom is -0.378 e. The van der Waals surface area contributed by atoms with Crippen LogP contribution in [0.4, 0.5) is 5.69 Å². The lowest BCUT2D eigenvalue weighted by atomic mass is 9.87. The van der Waals surface area contributed by atoms with Gasteiger partial charge in [0, 0.05) is 26.3 Å². The lowest BCUT2D eigenvalue weighted by Crippen LogP contribution is -2.23. The van der Waals surface area contributed by atoms with E-state index in [-0.39, 0.29) is 12.0 Å². The van der Waals surface area contributed by atoms with E-state index in [9.17, 15) is 8.42 Å². The van der Waals surface area contributed by atoms with Crippen molar-refractivity contribution in [1.29, 1.82) is 0 Å². The summed E-state index contributed by atoms with van der Waals surface area (Å²) in [5.41, 5.74) is 3.12. The van der Waals surface area contributed by atoms with E-state index in [2.05, 4.69) is 25.5 Å². The summed E-state index contributed by atoms with van der Waals surface area (Å²) in [4.78, 5) is 2.30. The van der Waals surface area contributed by atoms with Crippen LogP contribution in [0.25, 0.3) is 0 Å². The Morgan fingerprint density at radius 2 is 1.46 bits per heavy atom. The van der Waals surface area contributed by atoms with Gasteiger partial charge in [-0.15, -0.1) is 0 Å². The van der Waals surface area contributed by atoms with Crippen molar-refractivity contribution >= 4 is 15.7 Å². The summed E-state index contributed by atoms with van der Waals surface area (Å²) < 4.78 is 27.5. The molecule has 0 aliphatic heterocycles. The van der Waals surface area contributed by atoms with Crippen molar-refractivity contribution in [2.45, 2.75) is 37.6 Å². The summed E-state index contributed by atoms with van der Waals surface area (Å²) in [5, 5.41) is 0. The molecule has 0 fully saturated rings. The van der Waals surface area contributed by atoms with E-state index in [4.69, 9.17) is 0 Å². The minimum absolute atomic E-state index is 0.00387. The van der Waals surface area contributed by atoms with Crippen LogP contribution in [-0.4, -0.2) is 22.5 Å². The third-order valence-electron chi connectivity index (χ3n) is 3.95. The molecule has 0 saturated heterocycles. The lowest BCUT2D eigenvalue weighted by molar-refractivity contribution is 0.578. The van der Waals surface area contributed by atoms with Crippen LogP contribution in [0.15, 0.2) is 53.4 Å². The number of hydrogen-bond acceptors (Lipinski definition) is 3. The van der Waals surface area contributed by atoms with Crippen LogP contribution in [0.5, 0.6) is 0 Å². The molecule has 0 aliphatic carbocycles. The van der Waals surface area contributed by atoms with Gasteiger partial charge >= 0.3 is 0 Å². The van der Waals surface area contributed by atoms with Gasteiger partial charge in [-0.25, -0.2) is 13.1 Å². The second kappa shape index (κ2) is 6.95. The first-order valence-corrected chi connectivity index (χ1v) is 9.44. The van der Waals surface area contributed by atoms with E-state index in [0.717, 1.165) is 16.8 Å². The minimum atomic E-state index is -3.51. The van der Waals surface area contributed by atoms with Gasteiger partial charge in [-0.05, 0) is 40.8 Å². The van der Waals surface area contributed by atoms with E-state index in [1.807, 2.05) is 55.4 Å². The third kappa shape index (κ3) is 4.58. The summed E-state index contributed by atoms with van der Waals surface area (Å²) in [6, 6.07) is 14.9. The van der Waals surface area contributed by atoms with Crippen molar-refractivity contribution < 1.29 is 8.42 Å². The summed E-state index contributed by atoms with van der Waals surface area (Å²) in [6.07, 6.45) is 0. The van der Waals surface area contributed by atoms with Crippen LogP contribution >= 0.6 is 0 Å². The molecule has 2 aromatic rings. The maximum absolute atomic E-state index is 12.4. The van der Waals surface area contributed by atoms with Crippen LogP contribution < -0.4 is 9.62 Å². The lowest BCUT2D eigenvalue weighted by Gasteiger charge is -2.19. The highest BCUT2D eigenvalue weighted by Crippen LogP contribution is 2.23. The van der Waals surface area contributed by atoms with Crippen LogP contribution in [-0.2, 0) is 22.0 Å². The fourth-order valence-corrected chi connectivity index (χ4v) is 3.33. The van der Waals surface area contributed by atoms with Crippen molar-refractivity contribution in [3.63, 3.8) is 0 Å². The Morgan fingerprint density at radius 1 is 0.917 bits per heavy atom. The number of sulfonamides is 1. The SMILES string of the molecule is CN(C)c1ccc(CNS(=O)(=O)c2ccc(C(C)(C)C)cc2)cc1. The van der Waals surface area contributed by atoms with Gasteiger partial charge in [-0.2, -0.15) is 0 Å². The maximum Gasteiger partial charge on any atom is 0.240 e. The Morgan fingerprint density at radius 3 is 1.92 bits per heavy atom. The molecular weight excluding hydrogens is 320 g/mol. The van der Waals surface area contributed by atoms with Crippen LogP contribution in [0.1, 0.15) is 31.9 Å². The fraction of sp³-hybridized carbons (Fsp3) is 0.368. The molecule has 2 aromatic carbocycles. The predicted octanol–water partition coefficient (Wildman–Crippen LogP) is 3.53. The molecule has 0 saturated carbocycles. The van der Waals surface area contributed by atoms with E-state index in [1.165, 1.54) is 0 Å². The zero-order chi connectivity index (χ0) is 18.0. The van der Waals surface area contributed by atoms with Gasteiger partial charge in [-0.1, -0.05) is 45.0 Å². The topological polar surface area (TPSA) is 49.4 Å². The first-order valence-electron chi connectivity index (χ1n) is 7.96. The molecule has 1 N–H and O–H groups in total. The summed E-state index contributed by atoms with van der Waals surface area (Å²) in [5.74, 6) is 0. The molecule has 5 heteroatoms. The Bertz CT molecular complexity index is 772. The molecule has 0 aliphatic rings. The average Bonchev–Trinajstić information content (AvgIpc) is 2.53. The predicted molar refractivity (Wildman–Crippen MR) is 99.9 cm³/mol. The molecule has 0 aromatic heterocycles. The zero-order valence-electron chi connectivity index (χ0n) is 15.0. The average molecular weight is 346 g/mol. The van der Waals surface area contributed by atoms with Crippen molar-refractivity contribution in [2.75, 3.05) is 19.0 Å². The fourth-order valence-electron chi connectivity index (χ4n) is 2.31. The van der Waals surface area contributed by atoms with Gasteiger partial charge in [-0.3, -0.25) is 0 Å². The van der Waals surface area contributed by atoms with Gasteiger partial charge in [0.1, 0.15) is 0 Å². The van der Waals surface area contributed by atoms with Crippen LogP contribution in [0.2, 0.25) is 0 Å². The first kappa shape index (κ1) is 18.5. The number of nitrogens with zero attached hydrogens (tertiary/aromatic N) is 1. The molecule has 0 amide bonds. The van der Waals surface area contributed by atoms with E-state index in [0.29, 0.717) is 4.90 Å². The molecule has 0 spiro atoms. The monoisotopic (exact) mass is 346 g/mol. The molecule has 0 atom stereocenters. The number of anilines is 1. The van der Waals surface area contributed by atoms with Crippen molar-refractivity contribution in [2.24, 2.45) is 0 Å². The molecule has 130 valence electrons. The maximum atomic E-state index is 12.4. The second-order valence-corrected chi connectivity index (χ2v) is 8.93. The number of nitrogens with one attached hydrogen (secondary N) is 1. The summed E-state index contributed by atoms with van der Waals surface area (Å²) in [7, 11) is 0.435. The summed E-state index contributed by atoms with van der Waals surface area (Å²) >= 11 is 0. The van der Waals surface area contributed by atoms with Gasteiger partial charge in [0.25, 0.3) is 0 Å². The summed E-state index contributed by atoms with van der Waals surface area (Å²) in [6.45, 7) is 6.58. The highest BCUT2D eigenvalue weighted by Gasteiger charge is 2.17. The Kier molecular flexibility index (Phi) is 5.35. The smallest absolute Gasteiger partial charge is 0.240 e. The van der Waals surface area contributed by atoms with Crippen LogP contribution in [0.3, 0.4) is 0 Å². The Labute approximate surface area is 145 Å². The molecule has 0 radical (unpaired) electrons. The highest BCUT2D eigenvalue weighted by molar-refractivity contribution is 7.89. The zero-order valence-corrected chi connectivity index (χ0v) is 15.8. The van der Waals surface area contributed by atoms with Gasteiger partial charge < -0.3 is 4.90 Å². The molecule has 0 bridgehead atoms. The first-order chi connectivity index (χ1) is 11.1. The van der Waals surface area contributed by atoms with Crippen molar-refractivity contribution in [3.8, 4) is 0 Å². The number of benzene rings is 2. The third-order valence-corrected chi connectivity index (χ3v) is 5.37. The molecule has 0 heterocycles. The van der Waals surface area contributed by atoms with Crippen molar-refractivity contribution in [1.82, 2.24) is 4.72 Å². The second-order valence-electron chi connectivity index (χ2n) is 7.16. The van der Waals surface area contributed by atoms with Gasteiger partial charge in [0.05, 0.1) is 4.90 Å². The normalized spacial score (nSPS) is 12.2. The van der Waals surface area contributed by atoms with Crippen LogP contribution in [0, 0.1) is 0 Å². The van der Waals surface area contributed by atoms with E-state index >= 15 is 0 Å². The Balaban J connectivity index is 2.08. The largest absolute Gasteiger partial charge is 0.378 e. The molecule has 0 unspecified atom stereocenters. The molecule has 4 nitrogen and oxygen atoms in total. The standard InChI is InChI=1S/C19H26N2O2S/c1-19(2,3)16-8-12-18(13-9-16)24(22,23)20-14-15-6-10-17(11-7-15)21(4)5/h6-13,20H,14H2,1-5H3. The van der Waals surface area contributed by atoms with Gasteiger partial charge in [0.15, 0.2) is 0 Å². The molecular formula is C19H26N2O2S. The van der Waals surface area contributed by atoms with Gasteiger partial charge in [0.2, 0.25) is 10.0 Å². The quantitative estimate of drug-likeness (QED) is 0.901. The highest BCUT2D eigenvalue weighted by atomic mass is 32.2. The van der Waals surface area contributed by atoms with E-state index < -0.39 is 10.0 Å².